The van der Waals surface area contributed by atoms with E-state index in [2.05, 4.69) is 22.4 Å². The molecule has 2 N–H and O–H groups in total. The van der Waals surface area contributed by atoms with Gasteiger partial charge in [0.25, 0.3) is 5.91 Å². The molecule has 0 unspecified atom stereocenters. The number of amides is 1. The number of aromatic amines is 1. The summed E-state index contributed by atoms with van der Waals surface area (Å²) < 4.78 is 0. The van der Waals surface area contributed by atoms with Gasteiger partial charge in [-0.15, -0.1) is 0 Å². The number of ketones is 1. The highest BCUT2D eigenvalue weighted by atomic mass is 16.2. The maximum Gasteiger partial charge on any atom is 0.272 e. The van der Waals surface area contributed by atoms with Crippen molar-refractivity contribution in [3.8, 4) is 0 Å². The molecule has 0 saturated heterocycles. The zero-order chi connectivity index (χ0) is 13.0. The summed E-state index contributed by atoms with van der Waals surface area (Å²) in [6.45, 7) is 2.34. The average Bonchev–Trinajstić information content (AvgIpc) is 2.90. The zero-order valence-electron chi connectivity index (χ0n) is 10.6. The van der Waals surface area contributed by atoms with Gasteiger partial charge in [-0.3, -0.25) is 14.7 Å². The Morgan fingerprint density at radius 1 is 1.39 bits per heavy atom. The molecule has 0 bridgehead atoms. The van der Waals surface area contributed by atoms with Crippen LogP contribution in [0.2, 0.25) is 0 Å². The third-order valence-corrected chi connectivity index (χ3v) is 3.63. The molecule has 1 aromatic heterocycles. The molecular formula is C13H19N3O2. The summed E-state index contributed by atoms with van der Waals surface area (Å²) >= 11 is 0. The summed E-state index contributed by atoms with van der Waals surface area (Å²) in [7, 11) is 0. The van der Waals surface area contributed by atoms with Crippen LogP contribution in [0, 0.1) is 11.8 Å². The molecule has 1 fully saturated rings. The van der Waals surface area contributed by atoms with E-state index in [4.69, 9.17) is 0 Å². The first-order chi connectivity index (χ1) is 8.66. The monoisotopic (exact) mass is 249 g/mol. The van der Waals surface area contributed by atoms with Crippen LogP contribution in [-0.4, -0.2) is 28.4 Å². The smallest absolute Gasteiger partial charge is 0.272 e. The van der Waals surface area contributed by atoms with Gasteiger partial charge in [-0.2, -0.15) is 5.10 Å². The van der Waals surface area contributed by atoms with E-state index in [1.54, 1.807) is 12.3 Å². The fourth-order valence-corrected chi connectivity index (χ4v) is 2.37. The lowest BCUT2D eigenvalue weighted by Crippen LogP contribution is -2.34. The van der Waals surface area contributed by atoms with Gasteiger partial charge in [-0.1, -0.05) is 19.8 Å². The van der Waals surface area contributed by atoms with E-state index in [0.29, 0.717) is 5.69 Å². The van der Waals surface area contributed by atoms with Gasteiger partial charge < -0.3 is 5.32 Å². The molecule has 1 heterocycles. The first-order valence-electron chi connectivity index (χ1n) is 6.47. The van der Waals surface area contributed by atoms with E-state index in [1.165, 1.54) is 0 Å². The van der Waals surface area contributed by atoms with Crippen LogP contribution in [-0.2, 0) is 4.79 Å². The Morgan fingerprint density at radius 3 is 2.72 bits per heavy atom. The van der Waals surface area contributed by atoms with Gasteiger partial charge in [0, 0.05) is 12.1 Å². The van der Waals surface area contributed by atoms with Crippen molar-refractivity contribution in [3.63, 3.8) is 0 Å². The first-order valence-corrected chi connectivity index (χ1v) is 6.47. The zero-order valence-corrected chi connectivity index (χ0v) is 10.6. The lowest BCUT2D eigenvalue weighted by Gasteiger charge is -2.24. The number of carbonyl (C=O) groups is 2. The third kappa shape index (κ3) is 3.18. The number of nitrogens with zero attached hydrogens (tertiary/aromatic N) is 1. The minimum Gasteiger partial charge on any atom is -0.344 e. The molecule has 5 heteroatoms. The molecule has 18 heavy (non-hydrogen) atoms. The summed E-state index contributed by atoms with van der Waals surface area (Å²) in [5.74, 6) is 0.702. The Kier molecular flexibility index (Phi) is 4.12. The van der Waals surface area contributed by atoms with Crippen molar-refractivity contribution in [2.45, 2.75) is 32.6 Å². The minimum atomic E-state index is -0.297. The predicted octanol–water partition coefficient (Wildman–Crippen LogP) is 1.53. The number of aromatic nitrogens is 2. The Bertz CT molecular complexity index is 406. The summed E-state index contributed by atoms with van der Waals surface area (Å²) in [5, 5.41) is 8.96. The Labute approximate surface area is 106 Å². The van der Waals surface area contributed by atoms with Crippen molar-refractivity contribution in [3.05, 3.63) is 18.0 Å². The molecule has 5 nitrogen and oxygen atoms in total. The SMILES string of the molecule is CC1CCC(C(=O)CNC(=O)c2cc[nH]n2)CC1. The molecule has 1 amide bonds. The summed E-state index contributed by atoms with van der Waals surface area (Å²) in [4.78, 5) is 23.5. The normalized spacial score (nSPS) is 23.6. The second kappa shape index (κ2) is 5.80. The molecule has 1 saturated carbocycles. The molecule has 2 rings (SSSR count). The topological polar surface area (TPSA) is 74.8 Å². The third-order valence-electron chi connectivity index (χ3n) is 3.63. The van der Waals surface area contributed by atoms with Crippen LogP contribution in [0.5, 0.6) is 0 Å². The van der Waals surface area contributed by atoms with E-state index < -0.39 is 0 Å². The van der Waals surface area contributed by atoms with Crippen molar-refractivity contribution < 1.29 is 9.59 Å². The number of Topliss-reactive ketones (excluding diaryl/α,β-unsaturated/α-hetero) is 1. The molecule has 0 atom stereocenters. The van der Waals surface area contributed by atoms with Crippen LogP contribution >= 0.6 is 0 Å². The van der Waals surface area contributed by atoms with Gasteiger partial charge in [0.05, 0.1) is 6.54 Å². The molecule has 1 aromatic rings. The van der Waals surface area contributed by atoms with Crippen molar-refractivity contribution in [1.82, 2.24) is 15.5 Å². The Hall–Kier alpha value is -1.65. The maximum absolute atomic E-state index is 11.9. The lowest BCUT2D eigenvalue weighted by atomic mass is 9.81. The van der Waals surface area contributed by atoms with Gasteiger partial charge in [-0.25, -0.2) is 0 Å². The molecule has 1 aliphatic rings. The molecule has 1 aliphatic carbocycles. The van der Waals surface area contributed by atoms with Crippen LogP contribution in [0.15, 0.2) is 12.3 Å². The second-order valence-corrected chi connectivity index (χ2v) is 5.07. The van der Waals surface area contributed by atoms with Crippen molar-refractivity contribution in [1.29, 1.82) is 0 Å². The average molecular weight is 249 g/mol. The molecule has 0 radical (unpaired) electrons. The number of nitrogens with one attached hydrogen (secondary N) is 2. The summed E-state index contributed by atoms with van der Waals surface area (Å²) in [6, 6.07) is 1.59. The van der Waals surface area contributed by atoms with Crippen LogP contribution < -0.4 is 5.32 Å². The summed E-state index contributed by atoms with van der Waals surface area (Å²) in [5.41, 5.74) is 0.320. The molecule has 0 aliphatic heterocycles. The van der Waals surface area contributed by atoms with E-state index in [9.17, 15) is 9.59 Å². The molecule has 0 aromatic carbocycles. The Morgan fingerprint density at radius 2 is 2.11 bits per heavy atom. The van der Waals surface area contributed by atoms with Crippen LogP contribution in [0.4, 0.5) is 0 Å². The van der Waals surface area contributed by atoms with Gasteiger partial charge in [0.2, 0.25) is 0 Å². The highest BCUT2D eigenvalue weighted by Crippen LogP contribution is 2.28. The van der Waals surface area contributed by atoms with E-state index in [-0.39, 0.29) is 24.2 Å². The van der Waals surface area contributed by atoms with Gasteiger partial charge in [0.1, 0.15) is 5.69 Å². The number of carbonyl (C=O) groups excluding carboxylic acids is 2. The van der Waals surface area contributed by atoms with Gasteiger partial charge in [0.15, 0.2) is 5.78 Å². The van der Waals surface area contributed by atoms with Gasteiger partial charge >= 0.3 is 0 Å². The van der Waals surface area contributed by atoms with Crippen LogP contribution in [0.25, 0.3) is 0 Å². The van der Waals surface area contributed by atoms with E-state index in [0.717, 1.165) is 31.6 Å². The van der Waals surface area contributed by atoms with E-state index >= 15 is 0 Å². The van der Waals surface area contributed by atoms with E-state index in [1.807, 2.05) is 0 Å². The minimum absolute atomic E-state index is 0.116. The van der Waals surface area contributed by atoms with Crippen LogP contribution in [0.1, 0.15) is 43.1 Å². The number of rotatable bonds is 4. The summed E-state index contributed by atoms with van der Waals surface area (Å²) in [6.07, 6.45) is 5.73. The molecule has 98 valence electrons. The number of hydrogen-bond acceptors (Lipinski definition) is 3. The largest absolute Gasteiger partial charge is 0.344 e. The lowest BCUT2D eigenvalue weighted by molar-refractivity contribution is -0.123. The predicted molar refractivity (Wildman–Crippen MR) is 67.0 cm³/mol. The Balaban J connectivity index is 1.76. The van der Waals surface area contributed by atoms with Gasteiger partial charge in [-0.05, 0) is 24.8 Å². The highest BCUT2D eigenvalue weighted by Gasteiger charge is 2.24. The number of hydrogen-bond donors (Lipinski definition) is 2. The van der Waals surface area contributed by atoms with Crippen LogP contribution in [0.3, 0.4) is 0 Å². The second-order valence-electron chi connectivity index (χ2n) is 5.07. The fourth-order valence-electron chi connectivity index (χ4n) is 2.37. The first kappa shape index (κ1) is 12.8. The standard InChI is InChI=1S/C13H19N3O2/c1-9-2-4-10(5-3-9)12(17)8-14-13(18)11-6-7-15-16-11/h6-7,9-10H,2-5,8H2,1H3,(H,14,18)(H,15,16). The highest BCUT2D eigenvalue weighted by molar-refractivity contribution is 5.95. The molecular weight excluding hydrogens is 230 g/mol. The van der Waals surface area contributed by atoms with Crippen molar-refractivity contribution in [2.24, 2.45) is 11.8 Å². The quantitative estimate of drug-likeness (QED) is 0.849. The molecule has 0 spiro atoms. The van der Waals surface area contributed by atoms with Crippen molar-refractivity contribution in [2.75, 3.05) is 6.54 Å². The maximum atomic E-state index is 11.9. The van der Waals surface area contributed by atoms with Crippen molar-refractivity contribution >= 4 is 11.7 Å². The fraction of sp³-hybridized carbons (Fsp3) is 0.615. The number of H-pyrrole nitrogens is 1.